The van der Waals surface area contributed by atoms with Crippen molar-refractivity contribution in [1.29, 1.82) is 0 Å². The Hall–Kier alpha value is -3.38. The minimum Gasteiger partial charge on any atom is -0.497 e. The molecule has 0 atom stereocenters. The van der Waals surface area contributed by atoms with Gasteiger partial charge in [-0.3, -0.25) is 4.79 Å². The third-order valence-electron chi connectivity index (χ3n) is 5.65. The number of halogens is 1. The van der Waals surface area contributed by atoms with Crippen LogP contribution in [0.1, 0.15) is 36.7 Å². The van der Waals surface area contributed by atoms with Gasteiger partial charge in [-0.05, 0) is 85.3 Å². The van der Waals surface area contributed by atoms with Gasteiger partial charge < -0.3 is 9.47 Å². The van der Waals surface area contributed by atoms with E-state index in [1.807, 2.05) is 24.3 Å². The second kappa shape index (κ2) is 10.8. The van der Waals surface area contributed by atoms with Gasteiger partial charge in [-0.2, -0.15) is 0 Å². The molecule has 0 fully saturated rings. The highest BCUT2D eigenvalue weighted by atomic mass is 127. The van der Waals surface area contributed by atoms with E-state index in [1.165, 1.54) is 25.4 Å². The molecule has 1 aromatic heterocycles. The number of nitrogens with zero attached hydrogens (tertiary/aromatic N) is 2. The molecule has 0 saturated carbocycles. The van der Waals surface area contributed by atoms with Crippen LogP contribution in [0.25, 0.3) is 10.9 Å². The summed E-state index contributed by atoms with van der Waals surface area (Å²) in [6, 6.07) is 20.1. The lowest BCUT2D eigenvalue weighted by Crippen LogP contribution is -2.40. The second-order valence-electron chi connectivity index (χ2n) is 9.50. The number of hydrogen-bond acceptors (Lipinski definition) is 6. The maximum Gasteiger partial charge on any atom is 0.417 e. The quantitative estimate of drug-likeness (QED) is 0.236. The number of amides is 2. The normalized spacial score (nSPS) is 11.8. The summed E-state index contributed by atoms with van der Waals surface area (Å²) in [6.07, 6.45) is 0.416. The smallest absolute Gasteiger partial charge is 0.417 e. The monoisotopic (exact) mass is 646 g/mol. The standard InChI is InChI=1S/C28H27IN2O6S/c1-28(2,3)37-27(33)30(17-19-10-8-9-13-24(19)29)26(32)23-18-31(25-15-14-20(36-4)16-22(23)25)38(34,35)21-11-6-5-7-12-21/h5-16,18H,17H2,1-4H3. The van der Waals surface area contributed by atoms with E-state index in [-0.39, 0.29) is 22.5 Å². The minimum absolute atomic E-state index is 0.0233. The van der Waals surface area contributed by atoms with Crippen LogP contribution in [0, 0.1) is 3.57 Å². The van der Waals surface area contributed by atoms with Crippen molar-refractivity contribution < 1.29 is 27.5 Å². The highest BCUT2D eigenvalue weighted by Crippen LogP contribution is 2.31. The van der Waals surface area contributed by atoms with E-state index >= 15 is 0 Å². The summed E-state index contributed by atoms with van der Waals surface area (Å²) in [7, 11) is -2.57. The molecule has 10 heteroatoms. The van der Waals surface area contributed by atoms with Crippen molar-refractivity contribution in [2.45, 2.75) is 37.8 Å². The molecule has 0 saturated heterocycles. The molecule has 8 nitrogen and oxygen atoms in total. The Morgan fingerprint density at radius 3 is 2.26 bits per heavy atom. The highest BCUT2D eigenvalue weighted by molar-refractivity contribution is 14.1. The fourth-order valence-corrected chi connectivity index (χ4v) is 5.81. The fourth-order valence-electron chi connectivity index (χ4n) is 3.86. The number of aromatic nitrogens is 1. The summed E-state index contributed by atoms with van der Waals surface area (Å²) in [6.45, 7) is 5.07. The summed E-state index contributed by atoms with van der Waals surface area (Å²) >= 11 is 2.14. The summed E-state index contributed by atoms with van der Waals surface area (Å²) in [4.78, 5) is 28.4. The number of rotatable bonds is 6. The third kappa shape index (κ3) is 5.70. The number of carbonyl (C=O) groups is 2. The average molecular weight is 647 g/mol. The van der Waals surface area contributed by atoms with Gasteiger partial charge in [0, 0.05) is 15.2 Å². The molecule has 198 valence electrons. The van der Waals surface area contributed by atoms with Gasteiger partial charge >= 0.3 is 6.09 Å². The molecule has 4 aromatic rings. The van der Waals surface area contributed by atoms with Crippen molar-refractivity contribution in [3.05, 3.63) is 93.7 Å². The van der Waals surface area contributed by atoms with Crippen LogP contribution >= 0.6 is 22.6 Å². The molecule has 2 amide bonds. The van der Waals surface area contributed by atoms with Crippen LogP contribution in [-0.2, 0) is 21.3 Å². The van der Waals surface area contributed by atoms with Crippen LogP contribution in [-0.4, -0.2) is 42.0 Å². The molecule has 3 aromatic carbocycles. The van der Waals surface area contributed by atoms with Crippen molar-refractivity contribution in [2.75, 3.05) is 7.11 Å². The SMILES string of the molecule is COc1ccc2c(c1)c(C(=O)N(Cc1ccccc1I)C(=O)OC(C)(C)C)cn2S(=O)(=O)c1ccccc1. The first kappa shape index (κ1) is 27.6. The number of methoxy groups -OCH3 is 1. The van der Waals surface area contributed by atoms with E-state index < -0.39 is 27.6 Å². The van der Waals surface area contributed by atoms with E-state index in [4.69, 9.17) is 9.47 Å². The van der Waals surface area contributed by atoms with Gasteiger partial charge in [0.1, 0.15) is 11.4 Å². The van der Waals surface area contributed by atoms with Crippen LogP contribution in [0.2, 0.25) is 0 Å². The summed E-state index contributed by atoms with van der Waals surface area (Å²) in [5, 5.41) is 0.324. The Bertz CT molecular complexity index is 1610. The summed E-state index contributed by atoms with van der Waals surface area (Å²) in [5.41, 5.74) is 0.185. The van der Waals surface area contributed by atoms with Gasteiger partial charge in [0.25, 0.3) is 15.9 Å². The zero-order valence-corrected chi connectivity index (χ0v) is 24.3. The van der Waals surface area contributed by atoms with Gasteiger partial charge in [0.2, 0.25) is 0 Å². The molecule has 0 spiro atoms. The molecule has 0 aliphatic carbocycles. The Morgan fingerprint density at radius 2 is 1.63 bits per heavy atom. The van der Waals surface area contributed by atoms with Gasteiger partial charge in [-0.25, -0.2) is 22.1 Å². The molecular formula is C28H27IN2O6S. The first-order valence-corrected chi connectivity index (χ1v) is 14.2. The molecule has 38 heavy (non-hydrogen) atoms. The van der Waals surface area contributed by atoms with Crippen molar-refractivity contribution in [1.82, 2.24) is 8.87 Å². The van der Waals surface area contributed by atoms with E-state index in [0.717, 1.165) is 18.0 Å². The van der Waals surface area contributed by atoms with E-state index in [1.54, 1.807) is 57.2 Å². The van der Waals surface area contributed by atoms with Crippen LogP contribution in [0.3, 0.4) is 0 Å². The molecule has 0 radical (unpaired) electrons. The number of ether oxygens (including phenoxy) is 2. The lowest BCUT2D eigenvalue weighted by Gasteiger charge is -2.26. The van der Waals surface area contributed by atoms with Crippen molar-refractivity contribution >= 4 is 55.5 Å². The fraction of sp³-hybridized carbons (Fsp3) is 0.214. The summed E-state index contributed by atoms with van der Waals surface area (Å²) < 4.78 is 40.0. The van der Waals surface area contributed by atoms with E-state index in [2.05, 4.69) is 22.6 Å². The molecule has 4 rings (SSSR count). The van der Waals surface area contributed by atoms with Crippen LogP contribution in [0.15, 0.2) is 83.9 Å². The Labute approximate surface area is 235 Å². The Kier molecular flexibility index (Phi) is 7.84. The lowest BCUT2D eigenvalue weighted by molar-refractivity contribution is 0.0227. The predicted octanol–water partition coefficient (Wildman–Crippen LogP) is 6.07. The molecule has 0 aliphatic rings. The average Bonchev–Trinajstić information content (AvgIpc) is 3.27. The van der Waals surface area contributed by atoms with E-state index in [9.17, 15) is 18.0 Å². The van der Waals surface area contributed by atoms with Crippen molar-refractivity contribution in [3.63, 3.8) is 0 Å². The summed E-state index contributed by atoms with van der Waals surface area (Å²) in [5.74, 6) is -0.262. The molecule has 1 heterocycles. The van der Waals surface area contributed by atoms with E-state index in [0.29, 0.717) is 11.1 Å². The Morgan fingerprint density at radius 1 is 0.974 bits per heavy atom. The zero-order chi connectivity index (χ0) is 27.7. The Balaban J connectivity index is 1.89. The topological polar surface area (TPSA) is 94.9 Å². The molecule has 0 unspecified atom stereocenters. The molecular weight excluding hydrogens is 619 g/mol. The van der Waals surface area contributed by atoms with Gasteiger partial charge in [0.05, 0.1) is 29.6 Å². The number of carbonyl (C=O) groups excluding carboxylic acids is 2. The minimum atomic E-state index is -4.05. The number of benzene rings is 3. The second-order valence-corrected chi connectivity index (χ2v) is 12.5. The third-order valence-corrected chi connectivity index (χ3v) is 8.39. The highest BCUT2D eigenvalue weighted by Gasteiger charge is 2.32. The van der Waals surface area contributed by atoms with Gasteiger partial charge in [0.15, 0.2) is 0 Å². The first-order chi connectivity index (χ1) is 17.9. The largest absolute Gasteiger partial charge is 0.497 e. The van der Waals surface area contributed by atoms with Crippen molar-refractivity contribution in [3.8, 4) is 5.75 Å². The predicted molar refractivity (Wildman–Crippen MR) is 153 cm³/mol. The maximum atomic E-state index is 14.1. The molecule has 0 aliphatic heterocycles. The maximum absolute atomic E-state index is 14.1. The van der Waals surface area contributed by atoms with Gasteiger partial charge in [-0.1, -0.05) is 36.4 Å². The van der Waals surface area contributed by atoms with Crippen LogP contribution < -0.4 is 4.74 Å². The molecule has 0 bridgehead atoms. The molecule has 0 N–H and O–H groups in total. The van der Waals surface area contributed by atoms with Crippen LogP contribution in [0.4, 0.5) is 4.79 Å². The lowest BCUT2D eigenvalue weighted by atomic mass is 10.1. The number of imide groups is 1. The first-order valence-electron chi connectivity index (χ1n) is 11.7. The van der Waals surface area contributed by atoms with Gasteiger partial charge in [-0.15, -0.1) is 0 Å². The number of hydrogen-bond donors (Lipinski definition) is 0. The van der Waals surface area contributed by atoms with Crippen LogP contribution in [0.5, 0.6) is 5.75 Å². The zero-order valence-electron chi connectivity index (χ0n) is 21.3. The van der Waals surface area contributed by atoms with Crippen molar-refractivity contribution in [2.24, 2.45) is 0 Å². The number of fused-ring (bicyclic) bond motifs is 1.